The minimum atomic E-state index is -0.969. The van der Waals surface area contributed by atoms with Crippen molar-refractivity contribution in [1.29, 1.82) is 0 Å². The number of hydrogen-bond acceptors (Lipinski definition) is 4. The van der Waals surface area contributed by atoms with Crippen LogP contribution in [0, 0.1) is 5.92 Å². The van der Waals surface area contributed by atoms with Crippen LogP contribution >= 0.6 is 0 Å². The molecule has 6 heteroatoms. The number of hydrogen-bond donors (Lipinski definition) is 2. The molecule has 1 saturated heterocycles. The van der Waals surface area contributed by atoms with Crippen LogP contribution in [0.5, 0.6) is 0 Å². The van der Waals surface area contributed by atoms with E-state index in [1.807, 2.05) is 0 Å². The number of carboxylic acid groups (broad SMARTS) is 1. The molecule has 1 aromatic heterocycles. The zero-order valence-electron chi connectivity index (χ0n) is 10.9. The Bertz CT molecular complexity index is 461. The number of aromatic carboxylic acids is 1. The van der Waals surface area contributed by atoms with Crippen LogP contribution in [0.1, 0.15) is 29.0 Å². The van der Waals surface area contributed by atoms with Gasteiger partial charge in [-0.3, -0.25) is 9.69 Å². The van der Waals surface area contributed by atoms with Crippen molar-refractivity contribution in [3.05, 3.63) is 23.7 Å². The molecule has 1 amide bonds. The largest absolute Gasteiger partial charge is 0.478 e. The molecule has 104 valence electrons. The Morgan fingerprint density at radius 2 is 2.16 bits per heavy atom. The number of amides is 1. The average Bonchev–Trinajstić information content (AvgIpc) is 2.87. The van der Waals surface area contributed by atoms with Crippen molar-refractivity contribution in [3.8, 4) is 0 Å². The van der Waals surface area contributed by atoms with Gasteiger partial charge in [0.2, 0.25) is 5.91 Å². The highest BCUT2D eigenvalue weighted by atomic mass is 16.4. The zero-order valence-corrected chi connectivity index (χ0v) is 10.9. The van der Waals surface area contributed by atoms with Gasteiger partial charge in [-0.25, -0.2) is 4.79 Å². The molecule has 0 aromatic carbocycles. The van der Waals surface area contributed by atoms with E-state index in [2.05, 4.69) is 10.2 Å². The summed E-state index contributed by atoms with van der Waals surface area (Å²) in [5.74, 6) is -0.337. The van der Waals surface area contributed by atoms with E-state index in [-0.39, 0.29) is 17.4 Å². The fourth-order valence-electron chi connectivity index (χ4n) is 2.41. The van der Waals surface area contributed by atoms with Gasteiger partial charge < -0.3 is 14.8 Å². The fraction of sp³-hybridized carbons (Fsp3) is 0.538. The Kier molecular flexibility index (Phi) is 4.21. The molecule has 0 atom stereocenters. The molecule has 1 aliphatic heterocycles. The molecule has 0 saturated carbocycles. The maximum Gasteiger partial charge on any atom is 0.339 e. The number of rotatable bonds is 4. The van der Waals surface area contributed by atoms with E-state index in [0.717, 1.165) is 25.9 Å². The van der Waals surface area contributed by atoms with Crippen molar-refractivity contribution in [2.75, 3.05) is 20.1 Å². The van der Waals surface area contributed by atoms with Gasteiger partial charge in [-0.2, -0.15) is 0 Å². The van der Waals surface area contributed by atoms with Crippen molar-refractivity contribution in [2.24, 2.45) is 5.92 Å². The maximum absolute atomic E-state index is 11.5. The van der Waals surface area contributed by atoms with E-state index in [9.17, 15) is 9.59 Å². The number of nitrogens with one attached hydrogen (secondary N) is 1. The highest BCUT2D eigenvalue weighted by Crippen LogP contribution is 2.20. The van der Waals surface area contributed by atoms with E-state index in [4.69, 9.17) is 9.52 Å². The predicted octanol–water partition coefficient (Wildman–Crippen LogP) is 0.936. The first kappa shape index (κ1) is 13.6. The molecule has 0 spiro atoms. The quantitative estimate of drug-likeness (QED) is 0.847. The van der Waals surface area contributed by atoms with Crippen LogP contribution < -0.4 is 5.32 Å². The minimum absolute atomic E-state index is 0.0665. The Balaban J connectivity index is 1.90. The molecule has 2 heterocycles. The molecule has 1 aliphatic rings. The summed E-state index contributed by atoms with van der Waals surface area (Å²) in [6.45, 7) is 2.03. The van der Waals surface area contributed by atoms with Crippen LogP contribution in [-0.2, 0) is 11.3 Å². The third-order valence-electron chi connectivity index (χ3n) is 3.55. The zero-order chi connectivity index (χ0) is 13.8. The smallest absolute Gasteiger partial charge is 0.339 e. The molecule has 0 radical (unpaired) electrons. The van der Waals surface area contributed by atoms with Gasteiger partial charge in [-0.1, -0.05) is 0 Å². The van der Waals surface area contributed by atoms with Crippen molar-refractivity contribution < 1.29 is 19.1 Å². The standard InChI is InChI=1S/C13H18N2O4/c1-14-12(16)9-2-5-15(6-3-9)8-11-10(13(17)18)4-7-19-11/h4,7,9H,2-3,5-6,8H2,1H3,(H,14,16)(H,17,18). The summed E-state index contributed by atoms with van der Waals surface area (Å²) >= 11 is 0. The molecule has 2 rings (SSSR count). The minimum Gasteiger partial charge on any atom is -0.478 e. The molecule has 0 unspecified atom stereocenters. The number of nitrogens with zero attached hydrogens (tertiary/aromatic N) is 1. The lowest BCUT2D eigenvalue weighted by Crippen LogP contribution is -2.39. The highest BCUT2D eigenvalue weighted by Gasteiger charge is 2.25. The number of likely N-dealkylation sites (tertiary alicyclic amines) is 1. The summed E-state index contributed by atoms with van der Waals surface area (Å²) in [6.07, 6.45) is 2.99. The third kappa shape index (κ3) is 3.14. The first-order valence-electron chi connectivity index (χ1n) is 6.35. The monoisotopic (exact) mass is 266 g/mol. The van der Waals surface area contributed by atoms with Crippen molar-refractivity contribution in [3.63, 3.8) is 0 Å². The second-order valence-electron chi connectivity index (χ2n) is 4.73. The van der Waals surface area contributed by atoms with Gasteiger partial charge in [0.05, 0.1) is 12.8 Å². The number of carboxylic acids is 1. The van der Waals surface area contributed by atoms with Crippen molar-refractivity contribution in [2.45, 2.75) is 19.4 Å². The SMILES string of the molecule is CNC(=O)C1CCN(Cc2occc2C(=O)O)CC1. The molecule has 0 aliphatic carbocycles. The Morgan fingerprint density at radius 1 is 1.47 bits per heavy atom. The van der Waals surface area contributed by atoms with Crippen LogP contribution in [0.15, 0.2) is 16.7 Å². The summed E-state index contributed by atoms with van der Waals surface area (Å²) in [7, 11) is 1.65. The summed E-state index contributed by atoms with van der Waals surface area (Å²) in [6, 6.07) is 1.47. The first-order valence-corrected chi connectivity index (χ1v) is 6.35. The van der Waals surface area contributed by atoms with E-state index >= 15 is 0 Å². The second kappa shape index (κ2) is 5.88. The van der Waals surface area contributed by atoms with Gasteiger partial charge in [-0.05, 0) is 32.0 Å². The molecule has 2 N–H and O–H groups in total. The molecular weight excluding hydrogens is 248 g/mol. The van der Waals surface area contributed by atoms with Gasteiger partial charge in [0, 0.05) is 13.0 Å². The number of carbonyl (C=O) groups excluding carboxylic acids is 1. The average molecular weight is 266 g/mol. The van der Waals surface area contributed by atoms with E-state index in [1.54, 1.807) is 7.05 Å². The van der Waals surface area contributed by atoms with Gasteiger partial charge in [0.15, 0.2) is 0 Å². The number of piperidine rings is 1. The summed E-state index contributed by atoms with van der Waals surface area (Å²) < 4.78 is 5.22. The number of carbonyl (C=O) groups is 2. The summed E-state index contributed by atoms with van der Waals surface area (Å²) in [5.41, 5.74) is 0.216. The highest BCUT2D eigenvalue weighted by molar-refractivity contribution is 5.88. The first-order chi connectivity index (χ1) is 9.11. The van der Waals surface area contributed by atoms with Crippen LogP contribution in [0.25, 0.3) is 0 Å². The van der Waals surface area contributed by atoms with Crippen LogP contribution in [0.3, 0.4) is 0 Å². The lowest BCUT2D eigenvalue weighted by molar-refractivity contribution is -0.125. The van der Waals surface area contributed by atoms with Gasteiger partial charge >= 0.3 is 5.97 Å². The Hall–Kier alpha value is -1.82. The maximum atomic E-state index is 11.5. The van der Waals surface area contributed by atoms with Crippen molar-refractivity contribution in [1.82, 2.24) is 10.2 Å². The van der Waals surface area contributed by atoms with Crippen LogP contribution in [0.2, 0.25) is 0 Å². The van der Waals surface area contributed by atoms with Crippen LogP contribution in [0.4, 0.5) is 0 Å². The van der Waals surface area contributed by atoms with Crippen molar-refractivity contribution >= 4 is 11.9 Å². The van der Waals surface area contributed by atoms with Crippen LogP contribution in [-0.4, -0.2) is 42.0 Å². The van der Waals surface area contributed by atoms with E-state index in [0.29, 0.717) is 12.3 Å². The molecular formula is C13H18N2O4. The lowest BCUT2D eigenvalue weighted by atomic mass is 9.96. The Labute approximate surface area is 111 Å². The predicted molar refractivity (Wildman–Crippen MR) is 67.7 cm³/mol. The fourth-order valence-corrected chi connectivity index (χ4v) is 2.41. The summed E-state index contributed by atoms with van der Waals surface area (Å²) in [4.78, 5) is 24.6. The Morgan fingerprint density at radius 3 is 2.74 bits per heavy atom. The molecule has 1 fully saturated rings. The molecule has 19 heavy (non-hydrogen) atoms. The third-order valence-corrected chi connectivity index (χ3v) is 3.55. The summed E-state index contributed by atoms with van der Waals surface area (Å²) in [5, 5.41) is 11.7. The second-order valence-corrected chi connectivity index (χ2v) is 4.73. The van der Waals surface area contributed by atoms with E-state index < -0.39 is 5.97 Å². The lowest BCUT2D eigenvalue weighted by Gasteiger charge is -2.30. The normalized spacial score (nSPS) is 17.3. The topological polar surface area (TPSA) is 82.8 Å². The van der Waals surface area contributed by atoms with Gasteiger partial charge in [-0.15, -0.1) is 0 Å². The van der Waals surface area contributed by atoms with E-state index in [1.165, 1.54) is 12.3 Å². The molecule has 6 nitrogen and oxygen atoms in total. The molecule has 0 bridgehead atoms. The molecule has 1 aromatic rings. The van der Waals surface area contributed by atoms with Gasteiger partial charge in [0.1, 0.15) is 11.3 Å². The van der Waals surface area contributed by atoms with Gasteiger partial charge in [0.25, 0.3) is 0 Å². The number of furan rings is 1.